The van der Waals surface area contributed by atoms with Crippen LogP contribution in [0.4, 0.5) is 0 Å². The summed E-state index contributed by atoms with van der Waals surface area (Å²) in [7, 11) is -3.70. The Balaban J connectivity index is 1.70. The van der Waals surface area contributed by atoms with Crippen LogP contribution in [0, 0.1) is 0 Å². The molecule has 2 unspecified atom stereocenters. The average Bonchev–Trinajstić information content (AvgIpc) is 2.61. The molecule has 0 radical (unpaired) electrons. The van der Waals surface area contributed by atoms with E-state index in [0.717, 1.165) is 25.7 Å². The molecular formula is C17H24N2O4S. The molecule has 132 valence electrons. The molecule has 3 rings (SSSR count). The molecule has 7 heteroatoms. The van der Waals surface area contributed by atoms with E-state index in [2.05, 4.69) is 4.72 Å². The quantitative estimate of drug-likeness (QED) is 0.891. The van der Waals surface area contributed by atoms with Crippen LogP contribution >= 0.6 is 0 Å². The molecule has 6 nitrogen and oxygen atoms in total. The SMILES string of the molecule is C[C@H](NS(=O)(=O)c1ccccc1)C(=O)N1CCOC2CCCCC21. The molecule has 1 amide bonds. The summed E-state index contributed by atoms with van der Waals surface area (Å²) in [5, 5.41) is 0. The summed E-state index contributed by atoms with van der Waals surface area (Å²) in [6, 6.07) is 7.40. The first-order valence-electron chi connectivity index (χ1n) is 8.48. The normalized spacial score (nSPS) is 25.8. The molecule has 1 heterocycles. The summed E-state index contributed by atoms with van der Waals surface area (Å²) in [6.07, 6.45) is 4.19. The largest absolute Gasteiger partial charge is 0.374 e. The molecule has 0 bridgehead atoms. The van der Waals surface area contributed by atoms with Crippen molar-refractivity contribution in [1.29, 1.82) is 0 Å². The first-order chi connectivity index (χ1) is 11.5. The van der Waals surface area contributed by atoms with E-state index < -0.39 is 16.1 Å². The maximum atomic E-state index is 12.8. The summed E-state index contributed by atoms with van der Waals surface area (Å²) in [5.41, 5.74) is 0. The molecule has 1 aliphatic heterocycles. The van der Waals surface area contributed by atoms with Gasteiger partial charge in [-0.3, -0.25) is 4.79 Å². The van der Waals surface area contributed by atoms with Crippen molar-refractivity contribution in [3.05, 3.63) is 30.3 Å². The second kappa shape index (κ2) is 7.21. The minimum absolute atomic E-state index is 0.0729. The lowest BCUT2D eigenvalue weighted by Gasteiger charge is -2.44. The number of amides is 1. The first kappa shape index (κ1) is 17.4. The number of hydrogen-bond acceptors (Lipinski definition) is 4. The predicted octanol–water partition coefficient (Wildman–Crippen LogP) is 1.52. The minimum Gasteiger partial charge on any atom is -0.374 e. The number of fused-ring (bicyclic) bond motifs is 1. The third kappa shape index (κ3) is 3.63. The third-order valence-electron chi connectivity index (χ3n) is 4.77. The Kier molecular flexibility index (Phi) is 5.22. The first-order valence-corrected chi connectivity index (χ1v) is 9.97. The number of carbonyl (C=O) groups excluding carboxylic acids is 1. The van der Waals surface area contributed by atoms with Crippen molar-refractivity contribution in [2.24, 2.45) is 0 Å². The molecule has 1 N–H and O–H groups in total. The van der Waals surface area contributed by atoms with Crippen molar-refractivity contribution in [2.75, 3.05) is 13.2 Å². The lowest BCUT2D eigenvalue weighted by Crippen LogP contribution is -2.58. The fourth-order valence-electron chi connectivity index (χ4n) is 3.57. The van der Waals surface area contributed by atoms with Crippen LogP contribution in [0.1, 0.15) is 32.6 Å². The number of nitrogens with zero attached hydrogens (tertiary/aromatic N) is 1. The van der Waals surface area contributed by atoms with E-state index in [1.54, 1.807) is 25.1 Å². The highest BCUT2D eigenvalue weighted by molar-refractivity contribution is 7.89. The smallest absolute Gasteiger partial charge is 0.241 e. The molecule has 1 aliphatic carbocycles. The number of carbonyl (C=O) groups is 1. The lowest BCUT2D eigenvalue weighted by molar-refractivity contribution is -0.150. The van der Waals surface area contributed by atoms with E-state index in [9.17, 15) is 13.2 Å². The van der Waals surface area contributed by atoms with Gasteiger partial charge in [-0.1, -0.05) is 31.0 Å². The minimum atomic E-state index is -3.70. The van der Waals surface area contributed by atoms with Gasteiger partial charge in [0.05, 0.1) is 29.7 Å². The molecule has 2 fully saturated rings. The summed E-state index contributed by atoms with van der Waals surface area (Å²) in [5.74, 6) is -0.172. The molecule has 3 atom stereocenters. The highest BCUT2D eigenvalue weighted by atomic mass is 32.2. The van der Waals surface area contributed by atoms with Gasteiger partial charge in [0.15, 0.2) is 0 Å². The molecule has 1 aromatic rings. The molecule has 0 spiro atoms. The van der Waals surface area contributed by atoms with E-state index in [-0.39, 0.29) is 22.9 Å². The zero-order valence-electron chi connectivity index (χ0n) is 13.8. The molecule has 1 saturated heterocycles. The van der Waals surface area contributed by atoms with Gasteiger partial charge in [-0.05, 0) is 31.9 Å². The molecule has 0 aromatic heterocycles. The maximum Gasteiger partial charge on any atom is 0.241 e. The number of rotatable bonds is 4. The third-order valence-corrected chi connectivity index (χ3v) is 6.33. The van der Waals surface area contributed by atoms with Crippen molar-refractivity contribution >= 4 is 15.9 Å². The van der Waals surface area contributed by atoms with Crippen LogP contribution in [-0.2, 0) is 19.6 Å². The van der Waals surface area contributed by atoms with E-state index in [1.807, 2.05) is 4.90 Å². The molecular weight excluding hydrogens is 328 g/mol. The Bertz CT molecular complexity index is 675. The van der Waals surface area contributed by atoms with Gasteiger partial charge < -0.3 is 9.64 Å². The van der Waals surface area contributed by atoms with Crippen LogP contribution in [0.5, 0.6) is 0 Å². The van der Waals surface area contributed by atoms with Crippen LogP contribution in [-0.4, -0.2) is 50.6 Å². The fourth-order valence-corrected chi connectivity index (χ4v) is 4.79. The van der Waals surface area contributed by atoms with Crippen LogP contribution in [0.15, 0.2) is 35.2 Å². The van der Waals surface area contributed by atoms with Crippen LogP contribution in [0.3, 0.4) is 0 Å². The second-order valence-corrected chi connectivity index (χ2v) is 8.16. The molecule has 1 aromatic carbocycles. The monoisotopic (exact) mass is 352 g/mol. The van der Waals surface area contributed by atoms with E-state index in [1.165, 1.54) is 12.1 Å². The molecule has 24 heavy (non-hydrogen) atoms. The van der Waals surface area contributed by atoms with Crippen molar-refractivity contribution in [3.63, 3.8) is 0 Å². The molecule has 2 aliphatic rings. The Morgan fingerprint density at radius 1 is 1.25 bits per heavy atom. The zero-order chi connectivity index (χ0) is 17.2. The number of sulfonamides is 1. The van der Waals surface area contributed by atoms with Crippen molar-refractivity contribution < 1.29 is 17.9 Å². The van der Waals surface area contributed by atoms with E-state index in [4.69, 9.17) is 4.74 Å². The van der Waals surface area contributed by atoms with E-state index >= 15 is 0 Å². The topological polar surface area (TPSA) is 75.7 Å². The van der Waals surface area contributed by atoms with Crippen molar-refractivity contribution in [2.45, 2.75) is 55.7 Å². The van der Waals surface area contributed by atoms with Gasteiger partial charge in [0.1, 0.15) is 0 Å². The van der Waals surface area contributed by atoms with Gasteiger partial charge in [-0.15, -0.1) is 0 Å². The number of hydrogen-bond donors (Lipinski definition) is 1. The number of nitrogens with one attached hydrogen (secondary N) is 1. The fraction of sp³-hybridized carbons (Fsp3) is 0.588. The summed E-state index contributed by atoms with van der Waals surface area (Å²) < 4.78 is 33.1. The summed E-state index contributed by atoms with van der Waals surface area (Å²) in [4.78, 5) is 14.8. The Hall–Kier alpha value is -1.44. The lowest BCUT2D eigenvalue weighted by atomic mass is 9.90. The highest BCUT2D eigenvalue weighted by Gasteiger charge is 2.38. The summed E-state index contributed by atoms with van der Waals surface area (Å²) >= 11 is 0. The van der Waals surface area contributed by atoms with Crippen LogP contribution in [0.2, 0.25) is 0 Å². The van der Waals surface area contributed by atoms with E-state index in [0.29, 0.717) is 13.2 Å². The zero-order valence-corrected chi connectivity index (χ0v) is 14.7. The van der Waals surface area contributed by atoms with Gasteiger partial charge >= 0.3 is 0 Å². The Labute approximate surface area is 143 Å². The van der Waals surface area contributed by atoms with Crippen LogP contribution in [0.25, 0.3) is 0 Å². The Morgan fingerprint density at radius 2 is 1.96 bits per heavy atom. The standard InChI is InChI=1S/C17H24N2O4S/c1-13(18-24(21,22)14-7-3-2-4-8-14)17(20)19-11-12-23-16-10-6-5-9-15(16)19/h2-4,7-8,13,15-16,18H,5-6,9-12H2,1H3/t13-,15?,16?/m0/s1. The van der Waals surface area contributed by atoms with Gasteiger partial charge in [-0.25, -0.2) is 8.42 Å². The second-order valence-electron chi connectivity index (χ2n) is 6.45. The van der Waals surface area contributed by atoms with Gasteiger partial charge in [-0.2, -0.15) is 4.72 Å². The number of ether oxygens (including phenoxy) is 1. The molecule has 1 saturated carbocycles. The number of benzene rings is 1. The van der Waals surface area contributed by atoms with Gasteiger partial charge in [0.25, 0.3) is 0 Å². The summed E-state index contributed by atoms with van der Waals surface area (Å²) in [6.45, 7) is 2.65. The predicted molar refractivity (Wildman–Crippen MR) is 89.9 cm³/mol. The van der Waals surface area contributed by atoms with Crippen LogP contribution < -0.4 is 4.72 Å². The van der Waals surface area contributed by atoms with Gasteiger partial charge in [0, 0.05) is 6.54 Å². The number of morpholine rings is 1. The van der Waals surface area contributed by atoms with Crippen molar-refractivity contribution in [1.82, 2.24) is 9.62 Å². The van der Waals surface area contributed by atoms with Crippen molar-refractivity contribution in [3.8, 4) is 0 Å². The Morgan fingerprint density at radius 3 is 2.71 bits per heavy atom. The average molecular weight is 352 g/mol. The highest BCUT2D eigenvalue weighted by Crippen LogP contribution is 2.28. The van der Waals surface area contributed by atoms with Gasteiger partial charge in [0.2, 0.25) is 15.9 Å². The maximum absolute atomic E-state index is 12.8.